The minimum atomic E-state index is -0.212. The number of hydrogen-bond donors (Lipinski definition) is 1. The van der Waals surface area contributed by atoms with E-state index in [0.717, 1.165) is 31.3 Å². The van der Waals surface area contributed by atoms with E-state index in [4.69, 9.17) is 0 Å². The summed E-state index contributed by atoms with van der Waals surface area (Å²) < 4.78 is 1.95. The number of carbonyl (C=O) groups excluding carboxylic acids is 1. The fraction of sp³-hybridized carbons (Fsp3) is 0.0952. The minimum Gasteiger partial charge on any atom is -0.360 e. The maximum Gasteiger partial charge on any atom is 0.256 e. The lowest BCUT2D eigenvalue weighted by molar-refractivity contribution is 0.0728. The third kappa shape index (κ3) is 3.29. The largest absolute Gasteiger partial charge is 0.360 e. The smallest absolute Gasteiger partial charge is 0.256 e. The second-order valence-corrected chi connectivity index (χ2v) is 7.95. The Morgan fingerprint density at radius 1 is 0.923 bits per heavy atom. The van der Waals surface area contributed by atoms with Gasteiger partial charge >= 0.3 is 0 Å². The molecular formula is C21H16Br2N2O. The van der Waals surface area contributed by atoms with Crippen LogP contribution < -0.4 is 5.32 Å². The molecule has 0 fully saturated rings. The number of nitrogens with zero attached hydrogens (tertiary/aromatic N) is 1. The van der Waals surface area contributed by atoms with Crippen molar-refractivity contribution in [2.75, 3.05) is 5.32 Å². The van der Waals surface area contributed by atoms with E-state index in [2.05, 4.69) is 37.2 Å². The van der Waals surface area contributed by atoms with Crippen molar-refractivity contribution in [1.29, 1.82) is 0 Å². The Labute approximate surface area is 169 Å². The van der Waals surface area contributed by atoms with Gasteiger partial charge in [-0.15, -0.1) is 0 Å². The number of rotatable bonds is 4. The summed E-state index contributed by atoms with van der Waals surface area (Å²) in [6.07, 6.45) is -0.212. The van der Waals surface area contributed by atoms with Gasteiger partial charge in [0.15, 0.2) is 0 Å². The monoisotopic (exact) mass is 470 g/mol. The molecule has 1 aliphatic rings. The molecule has 130 valence electrons. The zero-order chi connectivity index (χ0) is 18.1. The molecule has 1 atom stereocenters. The highest BCUT2D eigenvalue weighted by atomic mass is 79.9. The van der Waals surface area contributed by atoms with Crippen molar-refractivity contribution in [3.8, 4) is 0 Å². The molecule has 0 aliphatic carbocycles. The first kappa shape index (κ1) is 17.3. The van der Waals surface area contributed by atoms with Gasteiger partial charge in [0.25, 0.3) is 5.91 Å². The minimum absolute atomic E-state index is 0.0511. The first-order valence-corrected chi connectivity index (χ1v) is 9.87. The summed E-state index contributed by atoms with van der Waals surface area (Å²) in [5, 5.41) is 3.53. The van der Waals surface area contributed by atoms with Gasteiger partial charge in [0.05, 0.1) is 5.69 Å². The van der Waals surface area contributed by atoms with Gasteiger partial charge in [0, 0.05) is 26.6 Å². The standard InChI is InChI=1S/C21H16Br2N2O/c22-15-10-11-19(18(23)12-15)24-20-16-8-4-5-9-17(16)21(26)25(20)13-14-6-2-1-3-7-14/h1-12,20,24H,13H2/t20-/m1/s1. The third-order valence-electron chi connectivity index (χ3n) is 4.48. The van der Waals surface area contributed by atoms with E-state index in [0.29, 0.717) is 6.54 Å². The Morgan fingerprint density at radius 3 is 2.42 bits per heavy atom. The van der Waals surface area contributed by atoms with Crippen LogP contribution in [0.3, 0.4) is 0 Å². The van der Waals surface area contributed by atoms with E-state index >= 15 is 0 Å². The zero-order valence-corrected chi connectivity index (χ0v) is 17.0. The maximum absolute atomic E-state index is 13.0. The predicted molar refractivity (Wildman–Crippen MR) is 111 cm³/mol. The maximum atomic E-state index is 13.0. The van der Waals surface area contributed by atoms with Gasteiger partial charge in [-0.05, 0) is 45.8 Å². The Balaban J connectivity index is 1.71. The van der Waals surface area contributed by atoms with E-state index in [1.54, 1.807) is 0 Å². The van der Waals surface area contributed by atoms with Gasteiger partial charge in [0.2, 0.25) is 0 Å². The van der Waals surface area contributed by atoms with Gasteiger partial charge in [-0.3, -0.25) is 4.79 Å². The molecule has 1 aliphatic heterocycles. The molecule has 3 aromatic carbocycles. The highest BCUT2D eigenvalue weighted by Crippen LogP contribution is 2.37. The van der Waals surface area contributed by atoms with Crippen LogP contribution in [0.4, 0.5) is 5.69 Å². The van der Waals surface area contributed by atoms with Crippen molar-refractivity contribution in [3.05, 3.63) is 98.4 Å². The highest BCUT2D eigenvalue weighted by Gasteiger charge is 2.36. The van der Waals surface area contributed by atoms with Crippen molar-refractivity contribution in [3.63, 3.8) is 0 Å². The fourth-order valence-corrected chi connectivity index (χ4v) is 4.38. The van der Waals surface area contributed by atoms with Crippen LogP contribution in [0.25, 0.3) is 0 Å². The summed E-state index contributed by atoms with van der Waals surface area (Å²) in [4.78, 5) is 14.9. The Hall–Kier alpha value is -2.11. The quantitative estimate of drug-likeness (QED) is 0.507. The topological polar surface area (TPSA) is 32.3 Å². The summed E-state index contributed by atoms with van der Waals surface area (Å²) in [5.41, 5.74) is 3.81. The molecule has 1 amide bonds. The van der Waals surface area contributed by atoms with Gasteiger partial charge in [-0.25, -0.2) is 0 Å². The summed E-state index contributed by atoms with van der Waals surface area (Å²) in [6, 6.07) is 23.8. The number of hydrogen-bond acceptors (Lipinski definition) is 2. The van der Waals surface area contributed by atoms with Gasteiger partial charge in [-0.2, -0.15) is 0 Å². The number of carbonyl (C=O) groups is 1. The van der Waals surface area contributed by atoms with E-state index in [1.165, 1.54) is 0 Å². The summed E-state index contributed by atoms with van der Waals surface area (Å²) in [5.74, 6) is 0.0511. The summed E-state index contributed by atoms with van der Waals surface area (Å²) in [7, 11) is 0. The molecule has 0 unspecified atom stereocenters. The Bertz CT molecular complexity index is 959. The van der Waals surface area contributed by atoms with Crippen LogP contribution in [0.5, 0.6) is 0 Å². The third-order valence-corrected chi connectivity index (χ3v) is 5.63. The number of amides is 1. The van der Waals surface area contributed by atoms with Crippen molar-refractivity contribution in [2.45, 2.75) is 12.7 Å². The zero-order valence-electron chi connectivity index (χ0n) is 13.8. The molecule has 3 aromatic rings. The molecular weight excluding hydrogens is 456 g/mol. The highest BCUT2D eigenvalue weighted by molar-refractivity contribution is 9.11. The Morgan fingerprint density at radius 2 is 1.65 bits per heavy atom. The lowest BCUT2D eigenvalue weighted by atomic mass is 10.1. The van der Waals surface area contributed by atoms with Crippen LogP contribution in [-0.4, -0.2) is 10.8 Å². The second kappa shape index (κ2) is 7.25. The molecule has 0 saturated heterocycles. The molecule has 26 heavy (non-hydrogen) atoms. The number of benzene rings is 3. The number of halogens is 2. The number of nitrogens with one attached hydrogen (secondary N) is 1. The molecule has 0 radical (unpaired) electrons. The van der Waals surface area contributed by atoms with Gasteiger partial charge in [-0.1, -0.05) is 64.5 Å². The van der Waals surface area contributed by atoms with Crippen molar-refractivity contribution < 1.29 is 4.79 Å². The molecule has 0 spiro atoms. The van der Waals surface area contributed by atoms with E-state index in [-0.39, 0.29) is 12.1 Å². The lowest BCUT2D eigenvalue weighted by Crippen LogP contribution is -2.31. The molecule has 0 saturated carbocycles. The molecule has 0 bridgehead atoms. The van der Waals surface area contributed by atoms with Crippen LogP contribution in [0, 0.1) is 0 Å². The molecule has 1 N–H and O–H groups in total. The van der Waals surface area contributed by atoms with Crippen LogP contribution in [-0.2, 0) is 6.54 Å². The molecule has 1 heterocycles. The SMILES string of the molecule is O=C1c2ccccc2[C@H](Nc2ccc(Br)cc2Br)N1Cc1ccccc1. The lowest BCUT2D eigenvalue weighted by Gasteiger charge is -2.27. The van der Waals surface area contributed by atoms with E-state index in [1.807, 2.05) is 77.7 Å². The van der Waals surface area contributed by atoms with Crippen molar-refractivity contribution in [1.82, 2.24) is 4.90 Å². The average molecular weight is 472 g/mol. The van der Waals surface area contributed by atoms with Crippen molar-refractivity contribution in [2.24, 2.45) is 0 Å². The van der Waals surface area contributed by atoms with Crippen LogP contribution in [0.2, 0.25) is 0 Å². The summed E-state index contributed by atoms with van der Waals surface area (Å²) in [6.45, 7) is 0.556. The average Bonchev–Trinajstić information content (AvgIpc) is 2.91. The first-order valence-electron chi connectivity index (χ1n) is 8.29. The van der Waals surface area contributed by atoms with Crippen LogP contribution >= 0.6 is 31.9 Å². The van der Waals surface area contributed by atoms with Crippen LogP contribution in [0.15, 0.2) is 81.7 Å². The van der Waals surface area contributed by atoms with Gasteiger partial charge < -0.3 is 10.2 Å². The number of fused-ring (bicyclic) bond motifs is 1. The molecule has 0 aromatic heterocycles. The van der Waals surface area contributed by atoms with E-state index < -0.39 is 0 Å². The predicted octanol–water partition coefficient (Wildman–Crippen LogP) is 5.98. The first-order chi connectivity index (χ1) is 12.6. The number of anilines is 1. The molecule has 3 nitrogen and oxygen atoms in total. The normalized spacial score (nSPS) is 15.8. The molecule has 5 heteroatoms. The molecule has 4 rings (SSSR count). The van der Waals surface area contributed by atoms with Crippen molar-refractivity contribution >= 4 is 43.5 Å². The van der Waals surface area contributed by atoms with E-state index in [9.17, 15) is 4.79 Å². The second-order valence-electron chi connectivity index (χ2n) is 6.18. The van der Waals surface area contributed by atoms with Gasteiger partial charge in [0.1, 0.15) is 6.17 Å². The summed E-state index contributed by atoms with van der Waals surface area (Å²) >= 11 is 7.08. The van der Waals surface area contributed by atoms with Crippen LogP contribution in [0.1, 0.15) is 27.7 Å². The Kier molecular flexibility index (Phi) is 4.83. The fourth-order valence-electron chi connectivity index (χ4n) is 3.22.